The molecule has 1 aliphatic heterocycles. The van der Waals surface area contributed by atoms with E-state index in [-0.39, 0.29) is 22.5 Å². The number of amides is 1. The molecule has 0 atom stereocenters. The van der Waals surface area contributed by atoms with Crippen molar-refractivity contribution in [1.82, 2.24) is 4.90 Å². The zero-order valence-electron chi connectivity index (χ0n) is 12.1. The largest absolute Gasteiger partial charge is 0.366 e. The van der Waals surface area contributed by atoms with E-state index in [1.807, 2.05) is 32.6 Å². The predicted molar refractivity (Wildman–Crippen MR) is 71.2 cm³/mol. The first-order valence-electron chi connectivity index (χ1n) is 6.89. The maximum Gasteiger partial charge on any atom is 0.230 e. The highest BCUT2D eigenvalue weighted by molar-refractivity contribution is 5.84. The summed E-state index contributed by atoms with van der Waals surface area (Å²) >= 11 is 0. The number of carbonyl (C=O) groups is 1. The molecule has 1 saturated heterocycles. The molecule has 104 valence electrons. The van der Waals surface area contributed by atoms with Gasteiger partial charge < -0.3 is 15.4 Å². The molecule has 1 amide bonds. The summed E-state index contributed by atoms with van der Waals surface area (Å²) in [6.45, 7) is 9.99. The zero-order valence-corrected chi connectivity index (χ0v) is 12.1. The van der Waals surface area contributed by atoms with Crippen LogP contribution in [0.15, 0.2) is 0 Å². The summed E-state index contributed by atoms with van der Waals surface area (Å²) in [5.41, 5.74) is 5.00. The van der Waals surface area contributed by atoms with Crippen LogP contribution in [0.1, 0.15) is 47.0 Å². The van der Waals surface area contributed by atoms with E-state index < -0.39 is 0 Å². The summed E-state index contributed by atoms with van der Waals surface area (Å²) in [5, 5.41) is 0. The Morgan fingerprint density at radius 3 is 2.00 bits per heavy atom. The summed E-state index contributed by atoms with van der Waals surface area (Å²) in [6.07, 6.45) is 3.02. The van der Waals surface area contributed by atoms with E-state index in [9.17, 15) is 4.79 Å². The molecule has 0 aromatic rings. The molecule has 1 heterocycles. The maximum absolute atomic E-state index is 12.7. The molecule has 0 bridgehead atoms. The molecule has 1 saturated carbocycles. The van der Waals surface area contributed by atoms with Crippen molar-refractivity contribution in [2.24, 2.45) is 11.1 Å². The summed E-state index contributed by atoms with van der Waals surface area (Å²) in [4.78, 5) is 14.7. The second-order valence-electron chi connectivity index (χ2n) is 7.12. The Kier molecular flexibility index (Phi) is 3.23. The maximum atomic E-state index is 12.7. The van der Waals surface area contributed by atoms with Gasteiger partial charge in [-0.25, -0.2) is 0 Å². The molecular formula is C14H26N2O2. The number of carbonyl (C=O) groups excluding carboxylic acids is 1. The molecule has 18 heavy (non-hydrogen) atoms. The summed E-state index contributed by atoms with van der Waals surface area (Å²) in [7, 11) is 0. The second-order valence-corrected chi connectivity index (χ2v) is 7.12. The van der Waals surface area contributed by atoms with Crippen molar-refractivity contribution >= 4 is 5.91 Å². The number of hydrogen-bond acceptors (Lipinski definition) is 3. The first-order chi connectivity index (χ1) is 8.20. The number of ether oxygens (including phenoxy) is 1. The Morgan fingerprint density at radius 1 is 1.17 bits per heavy atom. The summed E-state index contributed by atoms with van der Waals surface area (Å²) < 4.78 is 6.01. The van der Waals surface area contributed by atoms with Crippen molar-refractivity contribution < 1.29 is 9.53 Å². The molecule has 0 spiro atoms. The number of nitrogens with two attached hydrogens (primary N) is 1. The molecule has 4 heteroatoms. The summed E-state index contributed by atoms with van der Waals surface area (Å²) in [5.74, 6) is 0.237. The fourth-order valence-electron chi connectivity index (χ4n) is 3.38. The Morgan fingerprint density at radius 2 is 1.67 bits per heavy atom. The van der Waals surface area contributed by atoms with Crippen LogP contribution in [-0.4, -0.2) is 41.6 Å². The zero-order chi connectivity index (χ0) is 13.6. The molecule has 1 aliphatic carbocycles. The average molecular weight is 254 g/mol. The molecule has 2 N–H and O–H groups in total. The molecule has 0 aromatic heterocycles. The van der Waals surface area contributed by atoms with E-state index in [0.717, 1.165) is 19.3 Å². The lowest BCUT2D eigenvalue weighted by Gasteiger charge is -2.51. The van der Waals surface area contributed by atoms with Crippen molar-refractivity contribution in [3.8, 4) is 0 Å². The molecule has 4 nitrogen and oxygen atoms in total. The molecule has 2 rings (SSSR count). The second kappa shape index (κ2) is 4.20. The van der Waals surface area contributed by atoms with Gasteiger partial charge in [0.1, 0.15) is 0 Å². The van der Waals surface area contributed by atoms with Gasteiger partial charge in [0.2, 0.25) is 5.91 Å². The predicted octanol–water partition coefficient (Wildman–Crippen LogP) is 1.53. The minimum absolute atomic E-state index is 0.237. The van der Waals surface area contributed by atoms with Gasteiger partial charge in [0.25, 0.3) is 0 Å². The molecule has 0 aromatic carbocycles. The van der Waals surface area contributed by atoms with Gasteiger partial charge in [-0.1, -0.05) is 6.42 Å². The lowest BCUT2D eigenvalue weighted by Crippen LogP contribution is -2.63. The van der Waals surface area contributed by atoms with Crippen LogP contribution in [0.2, 0.25) is 0 Å². The van der Waals surface area contributed by atoms with Crippen molar-refractivity contribution in [1.29, 1.82) is 0 Å². The number of hydrogen-bond donors (Lipinski definition) is 1. The van der Waals surface area contributed by atoms with Crippen LogP contribution in [0.4, 0.5) is 0 Å². The highest BCUT2D eigenvalue weighted by Gasteiger charge is 2.49. The monoisotopic (exact) mass is 254 g/mol. The highest BCUT2D eigenvalue weighted by Crippen LogP contribution is 2.43. The third kappa shape index (κ3) is 2.41. The number of nitrogens with zero attached hydrogens (tertiary/aromatic N) is 1. The topological polar surface area (TPSA) is 55.6 Å². The van der Waals surface area contributed by atoms with Crippen molar-refractivity contribution in [3.63, 3.8) is 0 Å². The van der Waals surface area contributed by atoms with Crippen LogP contribution in [0, 0.1) is 5.41 Å². The standard InChI is InChI=1S/C14H26N2O2/c1-12(2)9-16(10-13(3,4)18-12)11(17)14(8-15)6-5-7-14/h5-10,15H2,1-4H3. The fraction of sp³-hybridized carbons (Fsp3) is 0.929. The van der Waals surface area contributed by atoms with Crippen LogP contribution in [0.25, 0.3) is 0 Å². The SMILES string of the molecule is CC1(C)CN(C(=O)C2(CN)CCC2)CC(C)(C)O1. The van der Waals surface area contributed by atoms with E-state index in [2.05, 4.69) is 0 Å². The minimum atomic E-state index is -0.281. The van der Waals surface area contributed by atoms with Gasteiger partial charge in [0.05, 0.1) is 16.6 Å². The molecule has 2 aliphatic rings. The molecule has 2 fully saturated rings. The van der Waals surface area contributed by atoms with Crippen LogP contribution in [-0.2, 0) is 9.53 Å². The summed E-state index contributed by atoms with van der Waals surface area (Å²) in [6, 6.07) is 0. The van der Waals surface area contributed by atoms with Crippen LogP contribution >= 0.6 is 0 Å². The van der Waals surface area contributed by atoms with Gasteiger partial charge >= 0.3 is 0 Å². The highest BCUT2D eigenvalue weighted by atomic mass is 16.5. The lowest BCUT2D eigenvalue weighted by molar-refractivity contribution is -0.195. The van der Waals surface area contributed by atoms with E-state index in [1.165, 1.54) is 0 Å². The van der Waals surface area contributed by atoms with Crippen LogP contribution < -0.4 is 5.73 Å². The van der Waals surface area contributed by atoms with Gasteiger partial charge in [-0.2, -0.15) is 0 Å². The first-order valence-corrected chi connectivity index (χ1v) is 6.89. The Labute approximate surface area is 110 Å². The molecule has 0 radical (unpaired) electrons. The van der Waals surface area contributed by atoms with E-state index in [4.69, 9.17) is 10.5 Å². The Hall–Kier alpha value is -0.610. The molecule has 0 unspecified atom stereocenters. The van der Waals surface area contributed by atoms with Gasteiger partial charge in [0.15, 0.2) is 0 Å². The van der Waals surface area contributed by atoms with Crippen molar-refractivity contribution in [3.05, 3.63) is 0 Å². The van der Waals surface area contributed by atoms with Crippen molar-refractivity contribution in [2.45, 2.75) is 58.2 Å². The van der Waals surface area contributed by atoms with Gasteiger partial charge in [0, 0.05) is 19.6 Å². The van der Waals surface area contributed by atoms with Crippen LogP contribution in [0.3, 0.4) is 0 Å². The van der Waals surface area contributed by atoms with Crippen LogP contribution in [0.5, 0.6) is 0 Å². The van der Waals surface area contributed by atoms with E-state index in [1.54, 1.807) is 0 Å². The minimum Gasteiger partial charge on any atom is -0.366 e. The normalized spacial score (nSPS) is 28.6. The lowest BCUT2D eigenvalue weighted by atomic mass is 9.67. The van der Waals surface area contributed by atoms with E-state index in [0.29, 0.717) is 19.6 Å². The average Bonchev–Trinajstić information content (AvgIpc) is 2.11. The van der Waals surface area contributed by atoms with E-state index >= 15 is 0 Å². The fourth-order valence-corrected chi connectivity index (χ4v) is 3.38. The number of morpholine rings is 1. The number of rotatable bonds is 2. The first kappa shape index (κ1) is 13.8. The Bertz CT molecular complexity index is 324. The quantitative estimate of drug-likeness (QED) is 0.813. The van der Waals surface area contributed by atoms with Gasteiger partial charge in [-0.05, 0) is 40.5 Å². The Balaban J connectivity index is 2.15. The smallest absolute Gasteiger partial charge is 0.230 e. The van der Waals surface area contributed by atoms with Crippen molar-refractivity contribution in [2.75, 3.05) is 19.6 Å². The van der Waals surface area contributed by atoms with Gasteiger partial charge in [-0.15, -0.1) is 0 Å². The third-order valence-electron chi connectivity index (χ3n) is 4.14. The third-order valence-corrected chi connectivity index (χ3v) is 4.14. The van der Waals surface area contributed by atoms with Gasteiger partial charge in [-0.3, -0.25) is 4.79 Å². The molecular weight excluding hydrogens is 228 g/mol.